The van der Waals surface area contributed by atoms with Crippen molar-refractivity contribution in [2.75, 3.05) is 18.1 Å². The molecule has 0 radical (unpaired) electrons. The van der Waals surface area contributed by atoms with E-state index in [0.717, 1.165) is 5.56 Å². The Morgan fingerprint density at radius 3 is 2.36 bits per heavy atom. The number of aromatic nitrogens is 1. The Morgan fingerprint density at radius 1 is 1.05 bits per heavy atom. The van der Waals surface area contributed by atoms with E-state index >= 15 is 0 Å². The number of carbonyl (C=O) groups excluding carboxylic acids is 2. The molecule has 3 aromatic rings. The number of allylic oxidation sites excluding steroid dienone is 1. The Morgan fingerprint density at radius 2 is 1.72 bits per heavy atom. The van der Waals surface area contributed by atoms with Crippen molar-refractivity contribution >= 4 is 52.2 Å². The molecule has 2 aliphatic rings. The molecule has 0 unspecified atom stereocenters. The molecule has 0 N–H and O–H groups in total. The topological polar surface area (TPSA) is 87.3 Å². The molecule has 5 rings (SSSR count). The zero-order chi connectivity index (χ0) is 27.8. The number of amides is 2. The van der Waals surface area contributed by atoms with Gasteiger partial charge in [-0.25, -0.2) is 4.99 Å². The fourth-order valence-corrected chi connectivity index (χ4v) is 6.11. The molecule has 39 heavy (non-hydrogen) atoms. The summed E-state index contributed by atoms with van der Waals surface area (Å²) in [6, 6.07) is 15.7. The van der Waals surface area contributed by atoms with E-state index in [1.165, 1.54) is 16.3 Å². The fourth-order valence-electron chi connectivity index (χ4n) is 4.93. The number of thiazole rings is 1. The van der Waals surface area contributed by atoms with E-state index in [9.17, 15) is 14.4 Å². The molecule has 3 heterocycles. The third kappa shape index (κ3) is 4.77. The average Bonchev–Trinajstić information content (AvgIpc) is 3.39. The van der Waals surface area contributed by atoms with Gasteiger partial charge >= 0.3 is 0 Å². The predicted molar refractivity (Wildman–Crippen MR) is 155 cm³/mol. The highest BCUT2D eigenvalue weighted by Gasteiger charge is 2.36. The van der Waals surface area contributed by atoms with Crippen LogP contribution < -0.4 is 19.9 Å². The summed E-state index contributed by atoms with van der Waals surface area (Å²) in [5, 5.41) is 6.38. The quantitative estimate of drug-likeness (QED) is 0.459. The number of nitrogens with zero attached hydrogens (tertiary/aromatic N) is 5. The number of hydrogen-bond acceptors (Lipinski definition) is 6. The molecule has 200 valence electrons. The number of benzene rings is 2. The first-order valence-corrected chi connectivity index (χ1v) is 14.0. The highest BCUT2D eigenvalue weighted by Crippen LogP contribution is 2.32. The van der Waals surface area contributed by atoms with Gasteiger partial charge in [-0.3, -0.25) is 19.0 Å². The number of carbonyl (C=O) groups is 2. The molecule has 2 aromatic carbocycles. The van der Waals surface area contributed by atoms with Gasteiger partial charge in [-0.15, -0.1) is 0 Å². The Hall–Kier alpha value is -3.82. The Balaban J connectivity index is 1.64. The summed E-state index contributed by atoms with van der Waals surface area (Å²) in [6.07, 6.45) is 1.66. The largest absolute Gasteiger partial charge is 0.339 e. The normalized spacial score (nSPS) is 19.2. The number of anilines is 1. The van der Waals surface area contributed by atoms with Crippen LogP contribution in [0, 0.1) is 5.92 Å². The van der Waals surface area contributed by atoms with Gasteiger partial charge in [0.05, 0.1) is 33.2 Å². The van der Waals surface area contributed by atoms with Gasteiger partial charge in [0.1, 0.15) is 5.92 Å². The molecule has 0 bridgehead atoms. The van der Waals surface area contributed by atoms with Crippen LogP contribution in [0.3, 0.4) is 0 Å². The van der Waals surface area contributed by atoms with Crippen molar-refractivity contribution in [3.63, 3.8) is 0 Å². The number of fused-ring (bicyclic) bond motifs is 1. The van der Waals surface area contributed by atoms with Crippen molar-refractivity contribution < 1.29 is 9.59 Å². The summed E-state index contributed by atoms with van der Waals surface area (Å²) >= 11 is 7.37. The van der Waals surface area contributed by atoms with Crippen molar-refractivity contribution in [3.05, 3.63) is 96.1 Å². The molecular formula is C29H28ClN5O3S. The summed E-state index contributed by atoms with van der Waals surface area (Å²) in [5.74, 6) is -1.08. The van der Waals surface area contributed by atoms with Crippen molar-refractivity contribution in [1.29, 1.82) is 0 Å². The maximum atomic E-state index is 13.9. The number of hydrazone groups is 1. The van der Waals surface area contributed by atoms with Gasteiger partial charge in [0, 0.05) is 18.1 Å². The minimum Gasteiger partial charge on any atom is -0.339 e. The van der Waals surface area contributed by atoms with E-state index in [0.29, 0.717) is 50.1 Å². The van der Waals surface area contributed by atoms with Gasteiger partial charge in [0.2, 0.25) is 0 Å². The van der Waals surface area contributed by atoms with Gasteiger partial charge in [-0.1, -0.05) is 53.3 Å². The van der Waals surface area contributed by atoms with Crippen LogP contribution in [0.25, 0.3) is 6.08 Å². The lowest BCUT2D eigenvalue weighted by molar-refractivity contribution is -0.127. The van der Waals surface area contributed by atoms with Crippen LogP contribution in [0.4, 0.5) is 5.69 Å². The smallest absolute Gasteiger partial charge is 0.270 e. The molecule has 0 spiro atoms. The molecule has 2 amide bonds. The van der Waals surface area contributed by atoms with Crippen LogP contribution >= 0.6 is 22.9 Å². The monoisotopic (exact) mass is 561 g/mol. The Labute approximate surface area is 234 Å². The number of para-hydroxylation sites is 1. The lowest BCUT2D eigenvalue weighted by Crippen LogP contribution is -2.43. The molecule has 0 aliphatic carbocycles. The van der Waals surface area contributed by atoms with Crippen LogP contribution in [0.5, 0.6) is 0 Å². The summed E-state index contributed by atoms with van der Waals surface area (Å²) < 4.78 is 1.93. The summed E-state index contributed by atoms with van der Waals surface area (Å²) in [5.41, 5.74) is 2.71. The molecule has 8 nitrogen and oxygen atoms in total. The standard InChI is InChI=1S/C29H28ClN5O3S/c1-5-33(6-2)28(38)24-18(4)31-29-34(25(24)19-12-14-20(30)15-13-19)27(37)23(39-29)16-22-17(3)32-35(26(22)36)21-10-8-7-9-11-21/h7-16,22,25H,5-6H2,1-4H3/b23-16-/t22-,25+/m1/s1. The lowest BCUT2D eigenvalue weighted by atomic mass is 9.94. The fraction of sp³-hybridized carbons (Fsp3) is 0.276. The molecule has 2 atom stereocenters. The molecule has 1 aromatic heterocycles. The Kier molecular flexibility index (Phi) is 7.38. The molecule has 2 aliphatic heterocycles. The first-order chi connectivity index (χ1) is 18.7. The SMILES string of the molecule is CCN(CC)C(=O)C1=C(C)N=c2s/c(=C\[C@H]3C(=O)N(c4ccccc4)N=C3C)c(=O)n2[C@H]1c1ccc(Cl)cc1. The van der Waals surface area contributed by atoms with Crippen LogP contribution in [0.15, 0.2) is 80.8 Å². The first-order valence-electron chi connectivity index (χ1n) is 12.8. The van der Waals surface area contributed by atoms with E-state index in [-0.39, 0.29) is 17.4 Å². The molecule has 10 heteroatoms. The summed E-state index contributed by atoms with van der Waals surface area (Å²) in [7, 11) is 0. The van der Waals surface area contributed by atoms with E-state index in [1.54, 1.807) is 41.5 Å². The summed E-state index contributed by atoms with van der Waals surface area (Å²) in [4.78, 5) is 47.8. The van der Waals surface area contributed by atoms with E-state index in [1.807, 2.05) is 56.3 Å². The average molecular weight is 562 g/mol. The minimum absolute atomic E-state index is 0.164. The number of halogens is 1. The third-order valence-corrected chi connectivity index (χ3v) is 8.24. The zero-order valence-electron chi connectivity index (χ0n) is 22.1. The number of hydrogen-bond donors (Lipinski definition) is 0. The van der Waals surface area contributed by atoms with Gasteiger partial charge in [-0.05, 0) is 63.6 Å². The van der Waals surface area contributed by atoms with E-state index < -0.39 is 12.0 Å². The van der Waals surface area contributed by atoms with Gasteiger partial charge < -0.3 is 4.90 Å². The van der Waals surface area contributed by atoms with Crippen LogP contribution in [0.1, 0.15) is 39.3 Å². The molecule has 0 fully saturated rings. The van der Waals surface area contributed by atoms with Crippen molar-refractivity contribution in [3.8, 4) is 0 Å². The second-order valence-electron chi connectivity index (χ2n) is 9.34. The predicted octanol–water partition coefficient (Wildman–Crippen LogP) is 3.75. The highest BCUT2D eigenvalue weighted by molar-refractivity contribution is 7.07. The minimum atomic E-state index is -0.682. The first kappa shape index (κ1) is 26.8. The Bertz CT molecular complexity index is 1680. The third-order valence-electron chi connectivity index (χ3n) is 6.99. The molecular weight excluding hydrogens is 534 g/mol. The van der Waals surface area contributed by atoms with E-state index in [2.05, 4.69) is 5.10 Å². The van der Waals surface area contributed by atoms with Crippen molar-refractivity contribution in [2.45, 2.75) is 33.7 Å². The zero-order valence-corrected chi connectivity index (χ0v) is 23.7. The van der Waals surface area contributed by atoms with Crippen molar-refractivity contribution in [1.82, 2.24) is 9.47 Å². The van der Waals surface area contributed by atoms with Gasteiger partial charge in [0.25, 0.3) is 17.4 Å². The number of likely N-dealkylation sites (N-methyl/N-ethyl adjacent to an activating group) is 1. The van der Waals surface area contributed by atoms with Gasteiger partial charge in [0.15, 0.2) is 4.80 Å². The van der Waals surface area contributed by atoms with Gasteiger partial charge in [-0.2, -0.15) is 10.1 Å². The summed E-state index contributed by atoms with van der Waals surface area (Å²) in [6.45, 7) is 8.48. The molecule has 0 saturated carbocycles. The maximum absolute atomic E-state index is 13.9. The van der Waals surface area contributed by atoms with Crippen LogP contribution in [-0.2, 0) is 9.59 Å². The highest BCUT2D eigenvalue weighted by atomic mass is 35.5. The number of rotatable bonds is 6. The second kappa shape index (κ2) is 10.7. The second-order valence-corrected chi connectivity index (χ2v) is 10.8. The van der Waals surface area contributed by atoms with Crippen molar-refractivity contribution in [2.24, 2.45) is 16.0 Å². The lowest BCUT2D eigenvalue weighted by Gasteiger charge is -2.29. The maximum Gasteiger partial charge on any atom is 0.270 e. The van der Waals surface area contributed by atoms with E-state index in [4.69, 9.17) is 16.6 Å². The van der Waals surface area contributed by atoms with Crippen LogP contribution in [0.2, 0.25) is 5.02 Å². The molecule has 0 saturated heterocycles. The van der Waals surface area contributed by atoms with Crippen LogP contribution in [-0.4, -0.2) is 40.1 Å².